The van der Waals surface area contributed by atoms with Crippen LogP contribution in [0.2, 0.25) is 0 Å². The third-order valence-corrected chi connectivity index (χ3v) is 7.27. The minimum Gasteiger partial charge on any atom is -0.481 e. The number of anilines is 1. The van der Waals surface area contributed by atoms with Crippen molar-refractivity contribution in [3.63, 3.8) is 0 Å². The molecule has 0 atom stereocenters. The standard InChI is InChI=1S/C18H23N5O9S2/c1-23(2)34(28,29)13-8-6-7-11(16(24)32-5)12(13)10-33(26,27)22-18(25)21-17-19-14(30-3)9-15(20-17)31-4/h6-9H,10H2,1-5H3,(H2,19,20,21,22,25). The maximum Gasteiger partial charge on any atom is 0.338 e. The van der Waals surface area contributed by atoms with Gasteiger partial charge < -0.3 is 14.2 Å². The lowest BCUT2D eigenvalue weighted by Crippen LogP contribution is -2.36. The molecule has 0 fully saturated rings. The molecule has 1 aromatic heterocycles. The summed E-state index contributed by atoms with van der Waals surface area (Å²) in [6, 6.07) is 3.70. The number of carbonyl (C=O) groups is 2. The summed E-state index contributed by atoms with van der Waals surface area (Å²) in [5.74, 6) is -2.24. The Morgan fingerprint density at radius 2 is 1.59 bits per heavy atom. The summed E-state index contributed by atoms with van der Waals surface area (Å²) in [6.45, 7) is 0. The number of urea groups is 1. The second-order valence-corrected chi connectivity index (χ2v) is 10.5. The van der Waals surface area contributed by atoms with E-state index in [0.717, 1.165) is 17.5 Å². The highest BCUT2D eigenvalue weighted by Gasteiger charge is 2.29. The summed E-state index contributed by atoms with van der Waals surface area (Å²) in [5.41, 5.74) is -0.667. The van der Waals surface area contributed by atoms with Gasteiger partial charge in [0, 0.05) is 19.7 Å². The molecule has 2 aromatic rings. The Labute approximate surface area is 196 Å². The van der Waals surface area contributed by atoms with E-state index in [4.69, 9.17) is 9.47 Å². The Morgan fingerprint density at radius 1 is 1.00 bits per heavy atom. The number of rotatable bonds is 9. The average Bonchev–Trinajstić information content (AvgIpc) is 2.77. The topological polar surface area (TPSA) is 183 Å². The van der Waals surface area contributed by atoms with Crippen LogP contribution in [0.1, 0.15) is 15.9 Å². The zero-order valence-corrected chi connectivity index (χ0v) is 20.5. The molecule has 186 valence electrons. The molecule has 0 aliphatic heterocycles. The molecule has 0 spiro atoms. The number of hydrogen-bond donors (Lipinski definition) is 2. The molecule has 0 saturated heterocycles. The van der Waals surface area contributed by atoms with Gasteiger partial charge in [-0.1, -0.05) is 6.07 Å². The van der Waals surface area contributed by atoms with Gasteiger partial charge in [-0.25, -0.2) is 35.5 Å². The van der Waals surface area contributed by atoms with E-state index in [9.17, 15) is 26.4 Å². The van der Waals surface area contributed by atoms with Crippen molar-refractivity contribution < 1.29 is 40.6 Å². The fourth-order valence-electron chi connectivity index (χ4n) is 2.62. The van der Waals surface area contributed by atoms with Crippen molar-refractivity contribution in [3.8, 4) is 11.8 Å². The molecule has 16 heteroatoms. The van der Waals surface area contributed by atoms with Crippen LogP contribution in [0.15, 0.2) is 29.2 Å². The smallest absolute Gasteiger partial charge is 0.338 e. The van der Waals surface area contributed by atoms with Gasteiger partial charge in [0.15, 0.2) is 0 Å². The predicted octanol–water partition coefficient (Wildman–Crippen LogP) is 0.182. The highest BCUT2D eigenvalue weighted by Crippen LogP contribution is 2.25. The number of sulfonamides is 2. The predicted molar refractivity (Wildman–Crippen MR) is 119 cm³/mol. The van der Waals surface area contributed by atoms with Gasteiger partial charge >= 0.3 is 12.0 Å². The number of benzene rings is 1. The van der Waals surface area contributed by atoms with Crippen LogP contribution in [0.3, 0.4) is 0 Å². The third-order valence-electron chi connectivity index (χ3n) is 4.20. The first-order valence-corrected chi connectivity index (χ1v) is 12.3. The summed E-state index contributed by atoms with van der Waals surface area (Å²) in [6.07, 6.45) is 0. The molecular formula is C18H23N5O9S2. The monoisotopic (exact) mass is 517 g/mol. The number of amides is 2. The normalized spacial score (nSPS) is 11.6. The molecule has 0 radical (unpaired) electrons. The maximum absolute atomic E-state index is 12.7. The van der Waals surface area contributed by atoms with Crippen molar-refractivity contribution in [3.05, 3.63) is 35.4 Å². The van der Waals surface area contributed by atoms with Gasteiger partial charge in [-0.05, 0) is 12.1 Å². The molecule has 0 bridgehead atoms. The van der Waals surface area contributed by atoms with Crippen LogP contribution in [-0.2, 0) is 30.5 Å². The lowest BCUT2D eigenvalue weighted by molar-refractivity contribution is 0.0599. The Bertz CT molecular complexity index is 1270. The van der Waals surface area contributed by atoms with Gasteiger partial charge in [0.1, 0.15) is 0 Å². The van der Waals surface area contributed by atoms with E-state index in [-0.39, 0.29) is 28.8 Å². The zero-order valence-electron chi connectivity index (χ0n) is 18.8. The largest absolute Gasteiger partial charge is 0.481 e. The molecule has 0 unspecified atom stereocenters. The third kappa shape index (κ3) is 6.30. The number of esters is 1. The van der Waals surface area contributed by atoms with Crippen LogP contribution >= 0.6 is 0 Å². The van der Waals surface area contributed by atoms with E-state index in [1.807, 2.05) is 0 Å². The highest BCUT2D eigenvalue weighted by molar-refractivity contribution is 7.90. The van der Waals surface area contributed by atoms with Crippen LogP contribution in [-0.4, -0.2) is 78.5 Å². The van der Waals surface area contributed by atoms with E-state index >= 15 is 0 Å². The Morgan fingerprint density at radius 3 is 2.09 bits per heavy atom. The van der Waals surface area contributed by atoms with Crippen LogP contribution in [0.25, 0.3) is 0 Å². The number of nitrogens with one attached hydrogen (secondary N) is 2. The fourth-order valence-corrected chi connectivity index (χ4v) is 4.94. The Balaban J connectivity index is 2.39. The summed E-state index contributed by atoms with van der Waals surface area (Å²) in [7, 11) is -2.51. The van der Waals surface area contributed by atoms with Crippen molar-refractivity contribution in [2.24, 2.45) is 0 Å². The lowest BCUT2D eigenvalue weighted by atomic mass is 10.1. The SMILES string of the molecule is COC(=O)c1cccc(S(=O)(=O)N(C)C)c1CS(=O)(=O)NC(=O)Nc1nc(OC)cc(OC)n1. The summed E-state index contributed by atoms with van der Waals surface area (Å²) < 4.78 is 68.0. The fraction of sp³-hybridized carbons (Fsp3) is 0.333. The van der Waals surface area contributed by atoms with Crippen molar-refractivity contribution in [2.75, 3.05) is 40.7 Å². The Kier molecular flexibility index (Phi) is 8.36. The number of ether oxygens (including phenoxy) is 3. The van der Waals surface area contributed by atoms with Gasteiger partial charge in [0.05, 0.1) is 43.6 Å². The van der Waals surface area contributed by atoms with E-state index < -0.39 is 42.7 Å². The van der Waals surface area contributed by atoms with Gasteiger partial charge in [0.2, 0.25) is 37.8 Å². The number of aromatic nitrogens is 2. The zero-order chi connectivity index (χ0) is 25.7. The van der Waals surface area contributed by atoms with Gasteiger partial charge in [0.25, 0.3) is 0 Å². The molecule has 2 rings (SSSR count). The van der Waals surface area contributed by atoms with Crippen LogP contribution in [0, 0.1) is 0 Å². The van der Waals surface area contributed by atoms with E-state index in [1.165, 1.54) is 46.5 Å². The minimum absolute atomic E-state index is 0.0375. The number of carbonyl (C=O) groups excluding carboxylic acids is 2. The summed E-state index contributed by atoms with van der Waals surface area (Å²) in [5, 5.41) is 2.12. The van der Waals surface area contributed by atoms with Crippen LogP contribution in [0.4, 0.5) is 10.7 Å². The number of methoxy groups -OCH3 is 3. The molecule has 0 aliphatic carbocycles. The van der Waals surface area contributed by atoms with Crippen molar-refractivity contribution in [2.45, 2.75) is 10.6 Å². The molecule has 2 amide bonds. The van der Waals surface area contributed by atoms with Crippen molar-refractivity contribution >= 4 is 38.0 Å². The molecular weight excluding hydrogens is 494 g/mol. The molecule has 14 nitrogen and oxygen atoms in total. The molecule has 0 saturated carbocycles. The van der Waals surface area contributed by atoms with E-state index in [0.29, 0.717) is 0 Å². The maximum atomic E-state index is 12.7. The number of hydrogen-bond acceptors (Lipinski definition) is 11. The van der Waals surface area contributed by atoms with Crippen molar-refractivity contribution in [1.82, 2.24) is 19.0 Å². The van der Waals surface area contributed by atoms with Gasteiger partial charge in [-0.2, -0.15) is 9.97 Å². The van der Waals surface area contributed by atoms with Gasteiger partial charge in [-0.15, -0.1) is 0 Å². The first kappa shape index (κ1) is 26.7. The van der Waals surface area contributed by atoms with Crippen LogP contribution < -0.4 is 19.5 Å². The first-order chi connectivity index (χ1) is 15.8. The van der Waals surface area contributed by atoms with Gasteiger partial charge in [-0.3, -0.25) is 5.32 Å². The molecule has 1 heterocycles. The van der Waals surface area contributed by atoms with Crippen LogP contribution in [0.5, 0.6) is 11.8 Å². The molecule has 2 N–H and O–H groups in total. The molecule has 1 aromatic carbocycles. The van der Waals surface area contributed by atoms with E-state index in [1.54, 1.807) is 4.72 Å². The summed E-state index contributed by atoms with van der Waals surface area (Å²) in [4.78, 5) is 31.7. The first-order valence-electron chi connectivity index (χ1n) is 9.26. The quantitative estimate of drug-likeness (QED) is 0.433. The Hall–Kier alpha value is -3.50. The number of nitrogens with zero attached hydrogens (tertiary/aromatic N) is 3. The lowest BCUT2D eigenvalue weighted by Gasteiger charge is -2.17. The highest BCUT2D eigenvalue weighted by atomic mass is 32.2. The second kappa shape index (κ2) is 10.6. The minimum atomic E-state index is -4.53. The average molecular weight is 518 g/mol. The summed E-state index contributed by atoms with van der Waals surface area (Å²) >= 11 is 0. The molecule has 34 heavy (non-hydrogen) atoms. The molecule has 0 aliphatic rings. The second-order valence-electron chi connectivity index (χ2n) is 6.65. The van der Waals surface area contributed by atoms with E-state index in [2.05, 4.69) is 20.0 Å². The van der Waals surface area contributed by atoms with Crippen molar-refractivity contribution in [1.29, 1.82) is 0 Å².